The second kappa shape index (κ2) is 5.30. The zero-order valence-corrected chi connectivity index (χ0v) is 14.7. The van der Waals surface area contributed by atoms with E-state index in [9.17, 15) is 0 Å². The average molecular weight is 321 g/mol. The normalized spacial score (nSPS) is 15.8. The Morgan fingerprint density at radius 2 is 1.79 bits per heavy atom. The Hall–Kier alpha value is -2.43. The summed E-state index contributed by atoms with van der Waals surface area (Å²) in [6.45, 7) is 10.5. The first kappa shape index (κ1) is 15.1. The molecular formula is C19H23N5. The van der Waals surface area contributed by atoms with E-state index in [0.717, 1.165) is 36.1 Å². The van der Waals surface area contributed by atoms with E-state index in [4.69, 9.17) is 4.98 Å². The van der Waals surface area contributed by atoms with Gasteiger partial charge in [0.15, 0.2) is 0 Å². The van der Waals surface area contributed by atoms with Crippen LogP contribution in [0.2, 0.25) is 0 Å². The van der Waals surface area contributed by atoms with Gasteiger partial charge >= 0.3 is 0 Å². The van der Waals surface area contributed by atoms with E-state index >= 15 is 0 Å². The van der Waals surface area contributed by atoms with Gasteiger partial charge in [0.1, 0.15) is 5.82 Å². The lowest BCUT2D eigenvalue weighted by Gasteiger charge is -2.41. The molecule has 3 heterocycles. The van der Waals surface area contributed by atoms with Crippen molar-refractivity contribution >= 4 is 17.0 Å². The smallest absolute Gasteiger partial charge is 0.225 e. The van der Waals surface area contributed by atoms with Gasteiger partial charge in [-0.25, -0.2) is 15.0 Å². The lowest BCUT2D eigenvalue weighted by molar-refractivity contribution is 0.369. The minimum atomic E-state index is 0.0132. The third-order valence-electron chi connectivity index (χ3n) is 4.56. The maximum Gasteiger partial charge on any atom is 0.225 e. The Morgan fingerprint density at radius 3 is 2.50 bits per heavy atom. The Bertz CT molecular complexity index is 884. The Balaban J connectivity index is 1.68. The van der Waals surface area contributed by atoms with Gasteiger partial charge in [-0.15, -0.1) is 0 Å². The van der Waals surface area contributed by atoms with Crippen molar-refractivity contribution in [2.45, 2.75) is 39.2 Å². The summed E-state index contributed by atoms with van der Waals surface area (Å²) >= 11 is 0. The topological polar surface area (TPSA) is 46.8 Å². The van der Waals surface area contributed by atoms with Gasteiger partial charge < -0.3 is 9.47 Å². The molecule has 0 spiro atoms. The van der Waals surface area contributed by atoms with Crippen LogP contribution in [0.25, 0.3) is 11.0 Å². The molecule has 2 aromatic heterocycles. The highest BCUT2D eigenvalue weighted by atomic mass is 15.3. The molecule has 1 aliphatic rings. The summed E-state index contributed by atoms with van der Waals surface area (Å²) in [4.78, 5) is 16.1. The first-order chi connectivity index (χ1) is 11.4. The second-order valence-corrected chi connectivity index (χ2v) is 7.60. The van der Waals surface area contributed by atoms with Gasteiger partial charge in [-0.3, -0.25) is 0 Å². The maximum atomic E-state index is 4.91. The van der Waals surface area contributed by atoms with Crippen LogP contribution in [0.1, 0.15) is 38.3 Å². The van der Waals surface area contributed by atoms with E-state index in [1.165, 1.54) is 5.52 Å². The lowest BCUT2D eigenvalue weighted by atomic mass is 9.94. The molecule has 1 aromatic carbocycles. The maximum absolute atomic E-state index is 4.91. The molecule has 0 aliphatic carbocycles. The fourth-order valence-electron chi connectivity index (χ4n) is 3.31. The first-order valence-electron chi connectivity index (χ1n) is 8.45. The molecule has 0 N–H and O–H groups in total. The molecule has 0 amide bonds. The van der Waals surface area contributed by atoms with Crippen LogP contribution < -0.4 is 4.90 Å². The molecule has 24 heavy (non-hydrogen) atoms. The molecular weight excluding hydrogens is 298 g/mol. The molecule has 3 aromatic rings. The van der Waals surface area contributed by atoms with Gasteiger partial charge in [0.2, 0.25) is 5.95 Å². The van der Waals surface area contributed by atoms with Crippen LogP contribution in [-0.4, -0.2) is 32.6 Å². The molecule has 1 aliphatic heterocycles. The van der Waals surface area contributed by atoms with Crippen molar-refractivity contribution < 1.29 is 0 Å². The van der Waals surface area contributed by atoms with Gasteiger partial charge in [-0.1, -0.05) is 32.9 Å². The summed E-state index contributed by atoms with van der Waals surface area (Å²) in [5.41, 5.74) is 3.32. The molecule has 1 saturated heterocycles. The summed E-state index contributed by atoms with van der Waals surface area (Å²) in [5.74, 6) is 1.98. The van der Waals surface area contributed by atoms with Crippen LogP contribution in [0, 0.1) is 6.92 Å². The number of aromatic nitrogens is 4. The number of nitrogens with zero attached hydrogens (tertiary/aromatic N) is 5. The quantitative estimate of drug-likeness (QED) is 0.725. The third-order valence-corrected chi connectivity index (χ3v) is 4.56. The predicted octanol–water partition coefficient (Wildman–Crippen LogP) is 3.49. The fraction of sp³-hybridized carbons (Fsp3) is 0.421. The molecule has 5 nitrogen and oxygen atoms in total. The molecule has 5 heteroatoms. The van der Waals surface area contributed by atoms with Gasteiger partial charge in [-0.05, 0) is 25.1 Å². The molecule has 0 atom stereocenters. The number of imidazole rings is 1. The average Bonchev–Trinajstić information content (AvgIpc) is 2.86. The van der Waals surface area contributed by atoms with Crippen LogP contribution in [0.15, 0.2) is 36.5 Å². The largest absolute Gasteiger partial charge is 0.337 e. The third kappa shape index (κ3) is 2.44. The highest BCUT2D eigenvalue weighted by molar-refractivity contribution is 5.76. The van der Waals surface area contributed by atoms with Gasteiger partial charge in [-0.2, -0.15) is 0 Å². The first-order valence-corrected chi connectivity index (χ1v) is 8.45. The Labute approximate surface area is 142 Å². The number of fused-ring (bicyclic) bond motifs is 1. The molecule has 124 valence electrons. The minimum Gasteiger partial charge on any atom is -0.337 e. The number of aryl methyl sites for hydroxylation is 1. The number of hydrogen-bond donors (Lipinski definition) is 0. The van der Waals surface area contributed by atoms with Crippen molar-refractivity contribution in [1.29, 1.82) is 0 Å². The summed E-state index contributed by atoms with van der Waals surface area (Å²) in [6, 6.07) is 10.8. The molecule has 0 bridgehead atoms. The zero-order valence-electron chi connectivity index (χ0n) is 14.7. The van der Waals surface area contributed by atoms with Crippen molar-refractivity contribution in [3.05, 3.63) is 48.0 Å². The highest BCUT2D eigenvalue weighted by Crippen LogP contribution is 2.34. The van der Waals surface area contributed by atoms with E-state index < -0.39 is 0 Å². The summed E-state index contributed by atoms with van der Waals surface area (Å²) in [6.07, 6.45) is 1.83. The number of benzene rings is 1. The van der Waals surface area contributed by atoms with Crippen molar-refractivity contribution in [3.63, 3.8) is 0 Å². The lowest BCUT2D eigenvalue weighted by Crippen LogP contribution is -2.49. The van der Waals surface area contributed by atoms with Crippen LogP contribution in [0.3, 0.4) is 0 Å². The van der Waals surface area contributed by atoms with Gasteiger partial charge in [0.25, 0.3) is 0 Å². The Kier molecular flexibility index (Phi) is 3.34. The van der Waals surface area contributed by atoms with Crippen LogP contribution in [0.5, 0.6) is 0 Å². The van der Waals surface area contributed by atoms with Crippen LogP contribution in [-0.2, 0) is 5.41 Å². The standard InChI is InChI=1S/C19H23N5/c1-13-9-10-20-18(21-13)23-11-14(12-23)24-16-8-6-5-7-15(16)22-17(24)19(2,3)4/h5-10,14H,11-12H2,1-4H3. The van der Waals surface area contributed by atoms with E-state index in [0.29, 0.717) is 6.04 Å². The van der Waals surface area contributed by atoms with E-state index in [-0.39, 0.29) is 5.41 Å². The molecule has 1 fully saturated rings. The van der Waals surface area contributed by atoms with Crippen molar-refractivity contribution in [2.24, 2.45) is 0 Å². The van der Waals surface area contributed by atoms with E-state index in [1.54, 1.807) is 0 Å². The molecule has 0 saturated carbocycles. The number of anilines is 1. The molecule has 4 rings (SSSR count). The summed E-state index contributed by atoms with van der Waals surface area (Å²) in [5, 5.41) is 0. The number of hydrogen-bond acceptors (Lipinski definition) is 4. The number of para-hydroxylation sites is 2. The van der Waals surface area contributed by atoms with Crippen LogP contribution in [0.4, 0.5) is 5.95 Å². The van der Waals surface area contributed by atoms with Crippen molar-refractivity contribution in [3.8, 4) is 0 Å². The van der Waals surface area contributed by atoms with Crippen LogP contribution >= 0.6 is 0 Å². The van der Waals surface area contributed by atoms with Gasteiger partial charge in [0.05, 0.1) is 17.1 Å². The summed E-state index contributed by atoms with van der Waals surface area (Å²) < 4.78 is 2.42. The zero-order chi connectivity index (χ0) is 16.9. The minimum absolute atomic E-state index is 0.0132. The van der Waals surface area contributed by atoms with Crippen molar-refractivity contribution in [2.75, 3.05) is 18.0 Å². The van der Waals surface area contributed by atoms with Gasteiger partial charge in [0, 0.05) is 30.4 Å². The fourth-order valence-corrected chi connectivity index (χ4v) is 3.31. The Morgan fingerprint density at radius 1 is 1.04 bits per heavy atom. The van der Waals surface area contributed by atoms with E-state index in [2.05, 4.69) is 64.5 Å². The number of rotatable bonds is 2. The second-order valence-electron chi connectivity index (χ2n) is 7.60. The monoisotopic (exact) mass is 321 g/mol. The molecule has 0 radical (unpaired) electrons. The predicted molar refractivity (Wildman–Crippen MR) is 96.5 cm³/mol. The highest BCUT2D eigenvalue weighted by Gasteiger charge is 2.35. The summed E-state index contributed by atoms with van der Waals surface area (Å²) in [7, 11) is 0. The van der Waals surface area contributed by atoms with Crippen molar-refractivity contribution in [1.82, 2.24) is 19.5 Å². The van der Waals surface area contributed by atoms with E-state index in [1.807, 2.05) is 19.2 Å². The SMILES string of the molecule is Cc1ccnc(N2CC(n3c(C(C)(C)C)nc4ccccc43)C2)n1. The molecule has 0 unspecified atom stereocenters.